The van der Waals surface area contributed by atoms with Crippen molar-refractivity contribution in [1.29, 1.82) is 5.26 Å². The maximum atomic E-state index is 12.6. The third kappa shape index (κ3) is 4.80. The fourth-order valence-electron chi connectivity index (χ4n) is 4.85. The number of hydrogen-bond acceptors (Lipinski definition) is 4. The summed E-state index contributed by atoms with van der Waals surface area (Å²) in [5.74, 6) is -0.294. The Labute approximate surface area is 193 Å². The van der Waals surface area contributed by atoms with Gasteiger partial charge in [0.05, 0.1) is 5.56 Å². The highest BCUT2D eigenvalue weighted by atomic mass is 16.5. The van der Waals surface area contributed by atoms with Crippen LogP contribution in [0.1, 0.15) is 67.0 Å². The van der Waals surface area contributed by atoms with Crippen LogP contribution in [0.4, 0.5) is 5.82 Å². The standard InChI is InChI=1S/C26H30N4O3/c1-17-18(2)30(20-9-3-4-10-20)26(22(17)14-27)29-24(31)16-33-25(32)13-7-8-19-15-28-23-12-6-5-11-21(19)23/h5-6,11-12,15,20,28H,3-4,7-10,13,16H2,1-2H3,(H,29,31). The minimum atomic E-state index is -0.423. The number of carbonyl (C=O) groups excluding carboxylic acids is 2. The van der Waals surface area contributed by atoms with Crippen molar-refractivity contribution in [2.45, 2.75) is 64.8 Å². The van der Waals surface area contributed by atoms with Gasteiger partial charge in [0, 0.05) is 35.3 Å². The number of nitrogens with one attached hydrogen (secondary N) is 2. The number of amides is 1. The fraction of sp³-hybridized carbons (Fsp3) is 0.423. The number of nitriles is 1. The monoisotopic (exact) mass is 446 g/mol. The maximum Gasteiger partial charge on any atom is 0.306 e. The van der Waals surface area contributed by atoms with Crippen molar-refractivity contribution in [1.82, 2.24) is 9.55 Å². The van der Waals surface area contributed by atoms with Crippen LogP contribution in [0.25, 0.3) is 10.9 Å². The van der Waals surface area contributed by atoms with Crippen molar-refractivity contribution in [3.63, 3.8) is 0 Å². The number of rotatable bonds is 8. The van der Waals surface area contributed by atoms with Crippen LogP contribution in [-0.2, 0) is 20.7 Å². The van der Waals surface area contributed by atoms with E-state index >= 15 is 0 Å². The van der Waals surface area contributed by atoms with Gasteiger partial charge in [-0.05, 0) is 56.7 Å². The van der Waals surface area contributed by atoms with Crippen molar-refractivity contribution >= 4 is 28.6 Å². The van der Waals surface area contributed by atoms with E-state index in [2.05, 4.69) is 27.0 Å². The molecule has 1 aliphatic carbocycles. The lowest BCUT2D eigenvalue weighted by atomic mass is 10.1. The largest absolute Gasteiger partial charge is 0.456 e. The Bertz CT molecular complexity index is 1210. The van der Waals surface area contributed by atoms with Crippen molar-refractivity contribution in [3.05, 3.63) is 52.8 Å². The quantitative estimate of drug-likeness (QED) is 0.471. The molecule has 1 amide bonds. The van der Waals surface area contributed by atoms with Crippen LogP contribution in [0.15, 0.2) is 30.5 Å². The van der Waals surface area contributed by atoms with E-state index in [-0.39, 0.29) is 19.1 Å². The van der Waals surface area contributed by atoms with Crippen LogP contribution in [0, 0.1) is 25.2 Å². The van der Waals surface area contributed by atoms with Crippen LogP contribution in [-0.4, -0.2) is 28.0 Å². The first-order chi connectivity index (χ1) is 16.0. The average molecular weight is 447 g/mol. The van der Waals surface area contributed by atoms with Gasteiger partial charge in [-0.1, -0.05) is 31.0 Å². The number of aromatic amines is 1. The molecule has 7 heteroatoms. The molecule has 0 saturated heterocycles. The lowest BCUT2D eigenvalue weighted by Crippen LogP contribution is -2.23. The molecule has 2 aromatic heterocycles. The minimum absolute atomic E-state index is 0.243. The number of carbonyl (C=O) groups is 2. The lowest BCUT2D eigenvalue weighted by Gasteiger charge is -2.19. The summed E-state index contributed by atoms with van der Waals surface area (Å²) in [6.07, 6.45) is 7.97. The van der Waals surface area contributed by atoms with Gasteiger partial charge in [0.1, 0.15) is 11.9 Å². The molecule has 7 nitrogen and oxygen atoms in total. The van der Waals surface area contributed by atoms with Gasteiger partial charge < -0.3 is 19.6 Å². The van der Waals surface area contributed by atoms with Gasteiger partial charge in [0.15, 0.2) is 6.61 Å². The van der Waals surface area contributed by atoms with Crippen LogP contribution in [0.3, 0.4) is 0 Å². The molecule has 0 bridgehead atoms. The number of para-hydroxylation sites is 1. The Morgan fingerprint density at radius 2 is 2.00 bits per heavy atom. The second-order valence-corrected chi connectivity index (χ2v) is 8.78. The second-order valence-electron chi connectivity index (χ2n) is 8.78. The molecular weight excluding hydrogens is 416 g/mol. The molecule has 2 N–H and O–H groups in total. The zero-order valence-electron chi connectivity index (χ0n) is 19.2. The number of fused-ring (bicyclic) bond motifs is 1. The van der Waals surface area contributed by atoms with Gasteiger partial charge in [0.2, 0.25) is 0 Å². The van der Waals surface area contributed by atoms with Gasteiger partial charge in [0.25, 0.3) is 5.91 Å². The van der Waals surface area contributed by atoms with Gasteiger partial charge in [-0.3, -0.25) is 9.59 Å². The van der Waals surface area contributed by atoms with Gasteiger partial charge in [-0.25, -0.2) is 0 Å². The number of ether oxygens (including phenoxy) is 1. The molecular formula is C26H30N4O3. The molecule has 0 spiro atoms. The van der Waals surface area contributed by atoms with E-state index in [1.54, 1.807) is 0 Å². The highest BCUT2D eigenvalue weighted by Crippen LogP contribution is 2.37. The molecule has 1 fully saturated rings. The summed E-state index contributed by atoms with van der Waals surface area (Å²) >= 11 is 0. The van der Waals surface area contributed by atoms with Gasteiger partial charge >= 0.3 is 5.97 Å². The third-order valence-electron chi connectivity index (χ3n) is 6.68. The average Bonchev–Trinajstić information content (AvgIpc) is 3.53. The van der Waals surface area contributed by atoms with Crippen molar-refractivity contribution in [2.24, 2.45) is 0 Å². The Kier molecular flexibility index (Phi) is 6.83. The fourth-order valence-corrected chi connectivity index (χ4v) is 4.85. The first kappa shape index (κ1) is 22.7. The van der Waals surface area contributed by atoms with E-state index in [9.17, 15) is 14.9 Å². The number of hydrogen-bond donors (Lipinski definition) is 2. The predicted molar refractivity (Wildman–Crippen MR) is 127 cm³/mol. The molecule has 0 atom stereocenters. The van der Waals surface area contributed by atoms with E-state index < -0.39 is 11.9 Å². The summed E-state index contributed by atoms with van der Waals surface area (Å²) in [7, 11) is 0. The Balaban J connectivity index is 1.31. The second kappa shape index (κ2) is 9.95. The summed E-state index contributed by atoms with van der Waals surface area (Å²) in [5, 5.41) is 13.7. The number of esters is 1. The minimum Gasteiger partial charge on any atom is -0.456 e. The molecule has 0 aliphatic heterocycles. The molecule has 172 valence electrons. The topological polar surface area (TPSA) is 99.9 Å². The Morgan fingerprint density at radius 1 is 1.24 bits per heavy atom. The predicted octanol–water partition coefficient (Wildman–Crippen LogP) is 5.08. The van der Waals surface area contributed by atoms with E-state index in [4.69, 9.17) is 4.74 Å². The Hall–Kier alpha value is -3.53. The number of aromatic nitrogens is 2. The molecule has 4 rings (SSSR count). The van der Waals surface area contributed by atoms with E-state index in [1.165, 1.54) is 5.56 Å². The zero-order chi connectivity index (χ0) is 23.4. The molecule has 1 aliphatic rings. The van der Waals surface area contributed by atoms with Crippen molar-refractivity contribution < 1.29 is 14.3 Å². The first-order valence-corrected chi connectivity index (χ1v) is 11.6. The highest BCUT2D eigenvalue weighted by molar-refractivity contribution is 5.93. The number of H-pyrrole nitrogens is 1. The maximum absolute atomic E-state index is 12.6. The molecule has 0 unspecified atom stereocenters. The van der Waals surface area contributed by atoms with Crippen LogP contribution >= 0.6 is 0 Å². The SMILES string of the molecule is Cc1c(C#N)c(NC(=O)COC(=O)CCCc2c[nH]c3ccccc23)n(C2CCCC2)c1C. The van der Waals surface area contributed by atoms with Gasteiger partial charge in [-0.2, -0.15) is 5.26 Å². The first-order valence-electron chi connectivity index (χ1n) is 11.6. The smallest absolute Gasteiger partial charge is 0.306 e. The van der Waals surface area contributed by atoms with E-state index in [0.29, 0.717) is 17.8 Å². The number of benzene rings is 1. The lowest BCUT2D eigenvalue weighted by molar-refractivity contribution is -0.147. The molecule has 0 radical (unpaired) electrons. The normalized spacial score (nSPS) is 13.8. The number of anilines is 1. The zero-order valence-corrected chi connectivity index (χ0v) is 19.2. The van der Waals surface area contributed by atoms with E-state index in [1.807, 2.05) is 38.2 Å². The summed E-state index contributed by atoms with van der Waals surface area (Å²) in [5.41, 5.74) is 4.62. The molecule has 2 heterocycles. The summed E-state index contributed by atoms with van der Waals surface area (Å²) < 4.78 is 7.29. The molecule has 33 heavy (non-hydrogen) atoms. The van der Waals surface area contributed by atoms with Crippen LogP contribution in [0.2, 0.25) is 0 Å². The summed E-state index contributed by atoms with van der Waals surface area (Å²) in [6, 6.07) is 10.6. The summed E-state index contributed by atoms with van der Waals surface area (Å²) in [4.78, 5) is 28.0. The highest BCUT2D eigenvalue weighted by Gasteiger charge is 2.26. The summed E-state index contributed by atoms with van der Waals surface area (Å²) in [6.45, 7) is 3.53. The van der Waals surface area contributed by atoms with Crippen LogP contribution < -0.4 is 5.32 Å². The number of nitrogens with zero attached hydrogens (tertiary/aromatic N) is 2. The molecule has 1 saturated carbocycles. The van der Waals surface area contributed by atoms with Gasteiger partial charge in [-0.15, -0.1) is 0 Å². The van der Waals surface area contributed by atoms with Crippen molar-refractivity contribution in [2.75, 3.05) is 11.9 Å². The molecule has 1 aromatic carbocycles. The van der Waals surface area contributed by atoms with E-state index in [0.717, 1.165) is 54.3 Å². The Morgan fingerprint density at radius 3 is 2.76 bits per heavy atom. The van der Waals surface area contributed by atoms with Crippen LogP contribution in [0.5, 0.6) is 0 Å². The number of aryl methyl sites for hydroxylation is 1. The molecule has 3 aromatic rings. The third-order valence-corrected chi connectivity index (χ3v) is 6.68. The van der Waals surface area contributed by atoms with Crippen molar-refractivity contribution in [3.8, 4) is 6.07 Å².